The van der Waals surface area contributed by atoms with Gasteiger partial charge < -0.3 is 9.64 Å². The van der Waals surface area contributed by atoms with Crippen molar-refractivity contribution in [3.63, 3.8) is 0 Å². The van der Waals surface area contributed by atoms with Crippen LogP contribution in [0.3, 0.4) is 0 Å². The maximum atomic E-state index is 11.3. The van der Waals surface area contributed by atoms with E-state index in [1.165, 1.54) is 0 Å². The summed E-state index contributed by atoms with van der Waals surface area (Å²) in [6.45, 7) is 3.42. The molecule has 1 atom stereocenters. The third-order valence-corrected chi connectivity index (χ3v) is 3.30. The lowest BCUT2D eigenvalue weighted by molar-refractivity contribution is 0.110. The van der Waals surface area contributed by atoms with Gasteiger partial charge in [0.1, 0.15) is 0 Å². The largest absolute Gasteiger partial charge is 0.450 e. The first-order valence-corrected chi connectivity index (χ1v) is 5.99. The van der Waals surface area contributed by atoms with Gasteiger partial charge in [-0.05, 0) is 13.3 Å². The molecule has 0 saturated carbocycles. The normalized spacial score (nSPS) is 23.8. The molecule has 0 radical (unpaired) electrons. The molecule has 1 fully saturated rings. The van der Waals surface area contributed by atoms with E-state index in [-0.39, 0.29) is 6.09 Å². The summed E-state index contributed by atoms with van der Waals surface area (Å²) in [4.78, 5) is 12.9. The molecule has 0 aromatic rings. The number of amides is 1. The summed E-state index contributed by atoms with van der Waals surface area (Å²) in [6, 6.07) is 0. The van der Waals surface area contributed by atoms with Crippen molar-refractivity contribution in [1.82, 2.24) is 4.90 Å². The summed E-state index contributed by atoms with van der Waals surface area (Å²) in [7, 11) is -0.748. The number of nitrogens with zero attached hydrogens (tertiary/aromatic N) is 1. The Labute approximate surface area is 80.7 Å². The second-order valence-corrected chi connectivity index (χ2v) is 4.58. The molecule has 1 rings (SSSR count). The Bertz CT molecular complexity index is 208. The first-order valence-electron chi connectivity index (χ1n) is 4.50. The molecule has 0 aliphatic carbocycles. The second kappa shape index (κ2) is 5.21. The van der Waals surface area contributed by atoms with Gasteiger partial charge in [-0.25, -0.2) is 4.79 Å². The third kappa shape index (κ3) is 3.34. The molecule has 1 aliphatic rings. The Morgan fingerprint density at radius 1 is 1.46 bits per heavy atom. The standard InChI is InChI=1S/C8H15NO3S/c1-2-12-8(10)9-4-3-6-13(11)7-5-9/h2-7H2,1H3. The summed E-state index contributed by atoms with van der Waals surface area (Å²) < 4.78 is 16.0. The average Bonchev–Trinajstić information content (AvgIpc) is 2.30. The Balaban J connectivity index is 2.41. The fourth-order valence-electron chi connectivity index (χ4n) is 1.24. The summed E-state index contributed by atoms with van der Waals surface area (Å²) in [5.74, 6) is 1.29. The predicted octanol–water partition coefficient (Wildman–Crippen LogP) is 0.597. The van der Waals surface area contributed by atoms with E-state index in [2.05, 4.69) is 0 Å². The van der Waals surface area contributed by atoms with Crippen LogP contribution in [0.1, 0.15) is 13.3 Å². The van der Waals surface area contributed by atoms with Crippen LogP contribution in [-0.4, -0.2) is 46.4 Å². The van der Waals surface area contributed by atoms with Gasteiger partial charge in [0.15, 0.2) is 0 Å². The topological polar surface area (TPSA) is 46.6 Å². The van der Waals surface area contributed by atoms with Crippen LogP contribution in [0.15, 0.2) is 0 Å². The van der Waals surface area contributed by atoms with E-state index in [0.29, 0.717) is 31.2 Å². The van der Waals surface area contributed by atoms with E-state index in [0.717, 1.165) is 6.42 Å². The van der Waals surface area contributed by atoms with Crippen LogP contribution in [0.5, 0.6) is 0 Å². The molecule has 0 aromatic carbocycles. The summed E-state index contributed by atoms with van der Waals surface area (Å²) in [6.07, 6.45) is 0.534. The molecule has 4 nitrogen and oxygen atoms in total. The van der Waals surface area contributed by atoms with Gasteiger partial charge in [-0.2, -0.15) is 0 Å². The lowest BCUT2D eigenvalue weighted by Crippen LogP contribution is -2.33. The highest BCUT2D eigenvalue weighted by Gasteiger charge is 2.18. The van der Waals surface area contributed by atoms with Crippen LogP contribution in [-0.2, 0) is 15.5 Å². The molecule has 5 heteroatoms. The zero-order valence-electron chi connectivity index (χ0n) is 7.82. The van der Waals surface area contributed by atoms with Crippen molar-refractivity contribution in [2.45, 2.75) is 13.3 Å². The van der Waals surface area contributed by atoms with Gasteiger partial charge in [-0.15, -0.1) is 0 Å². The number of carbonyl (C=O) groups is 1. The van der Waals surface area contributed by atoms with Gasteiger partial charge in [0.2, 0.25) is 0 Å². The van der Waals surface area contributed by atoms with Crippen molar-refractivity contribution >= 4 is 16.9 Å². The highest BCUT2D eigenvalue weighted by Crippen LogP contribution is 2.03. The summed E-state index contributed by atoms with van der Waals surface area (Å²) >= 11 is 0. The molecular weight excluding hydrogens is 190 g/mol. The Hall–Kier alpha value is -0.580. The molecule has 1 saturated heterocycles. The van der Waals surface area contributed by atoms with Gasteiger partial charge in [-0.3, -0.25) is 4.21 Å². The van der Waals surface area contributed by atoms with Gasteiger partial charge in [0.05, 0.1) is 6.61 Å². The fourth-order valence-corrected chi connectivity index (χ4v) is 2.32. The van der Waals surface area contributed by atoms with Crippen molar-refractivity contribution in [1.29, 1.82) is 0 Å². The molecule has 0 bridgehead atoms. The van der Waals surface area contributed by atoms with Crippen molar-refractivity contribution < 1.29 is 13.7 Å². The summed E-state index contributed by atoms with van der Waals surface area (Å²) in [5, 5.41) is 0. The first kappa shape index (κ1) is 10.5. The predicted molar refractivity (Wildman–Crippen MR) is 51.1 cm³/mol. The third-order valence-electron chi connectivity index (χ3n) is 1.91. The van der Waals surface area contributed by atoms with Crippen LogP contribution < -0.4 is 0 Å². The zero-order valence-corrected chi connectivity index (χ0v) is 8.64. The number of carbonyl (C=O) groups excluding carboxylic acids is 1. The van der Waals surface area contributed by atoms with Crippen molar-refractivity contribution in [2.24, 2.45) is 0 Å². The van der Waals surface area contributed by atoms with E-state index in [9.17, 15) is 9.00 Å². The highest BCUT2D eigenvalue weighted by molar-refractivity contribution is 7.85. The van der Waals surface area contributed by atoms with Gasteiger partial charge in [-0.1, -0.05) is 0 Å². The number of hydrogen-bond acceptors (Lipinski definition) is 3. The molecule has 0 aromatic heterocycles. The van der Waals surface area contributed by atoms with Crippen LogP contribution in [0.25, 0.3) is 0 Å². The van der Waals surface area contributed by atoms with Crippen LogP contribution in [0, 0.1) is 0 Å². The SMILES string of the molecule is CCOC(=O)N1CCCS(=O)CC1. The van der Waals surface area contributed by atoms with Crippen LogP contribution >= 0.6 is 0 Å². The van der Waals surface area contributed by atoms with Gasteiger partial charge in [0, 0.05) is 35.4 Å². The monoisotopic (exact) mass is 205 g/mol. The van der Waals surface area contributed by atoms with E-state index in [1.807, 2.05) is 0 Å². The van der Waals surface area contributed by atoms with Gasteiger partial charge in [0.25, 0.3) is 0 Å². The molecule has 0 spiro atoms. The average molecular weight is 205 g/mol. The number of hydrogen-bond donors (Lipinski definition) is 0. The minimum Gasteiger partial charge on any atom is -0.450 e. The van der Waals surface area contributed by atoms with Crippen LogP contribution in [0.4, 0.5) is 4.79 Å². The Morgan fingerprint density at radius 2 is 2.23 bits per heavy atom. The van der Waals surface area contributed by atoms with Gasteiger partial charge >= 0.3 is 6.09 Å². The molecule has 1 aliphatic heterocycles. The smallest absolute Gasteiger partial charge is 0.409 e. The second-order valence-electron chi connectivity index (χ2n) is 2.89. The zero-order chi connectivity index (χ0) is 9.68. The highest BCUT2D eigenvalue weighted by atomic mass is 32.2. The molecule has 1 unspecified atom stereocenters. The van der Waals surface area contributed by atoms with Crippen LogP contribution in [0.2, 0.25) is 0 Å². The van der Waals surface area contributed by atoms with E-state index in [1.54, 1.807) is 11.8 Å². The number of ether oxygens (including phenoxy) is 1. The maximum Gasteiger partial charge on any atom is 0.409 e. The first-order chi connectivity index (χ1) is 6.24. The maximum absolute atomic E-state index is 11.3. The minimum atomic E-state index is -0.748. The number of rotatable bonds is 1. The molecular formula is C8H15NO3S. The quantitative estimate of drug-likeness (QED) is 0.629. The molecule has 13 heavy (non-hydrogen) atoms. The minimum absolute atomic E-state index is 0.276. The molecule has 1 amide bonds. The van der Waals surface area contributed by atoms with E-state index >= 15 is 0 Å². The van der Waals surface area contributed by atoms with E-state index in [4.69, 9.17) is 4.74 Å². The Kier molecular flexibility index (Phi) is 4.21. The lowest BCUT2D eigenvalue weighted by atomic mass is 10.4. The fraction of sp³-hybridized carbons (Fsp3) is 0.875. The lowest BCUT2D eigenvalue weighted by Gasteiger charge is -2.18. The molecule has 76 valence electrons. The molecule has 1 heterocycles. The Morgan fingerprint density at radius 3 is 2.92 bits per heavy atom. The van der Waals surface area contributed by atoms with E-state index < -0.39 is 10.8 Å². The van der Waals surface area contributed by atoms with Crippen molar-refractivity contribution in [3.05, 3.63) is 0 Å². The van der Waals surface area contributed by atoms with Crippen molar-refractivity contribution in [2.75, 3.05) is 31.2 Å². The van der Waals surface area contributed by atoms with Crippen molar-refractivity contribution in [3.8, 4) is 0 Å². The molecule has 0 N–H and O–H groups in total. The summed E-state index contributed by atoms with van der Waals surface area (Å²) in [5.41, 5.74) is 0.